The molecule has 0 aromatic carbocycles. The van der Waals surface area contributed by atoms with Crippen molar-refractivity contribution in [2.24, 2.45) is 23.2 Å². The van der Waals surface area contributed by atoms with E-state index in [1.807, 2.05) is 13.8 Å². The molecule has 1 saturated carbocycles. The van der Waals surface area contributed by atoms with Gasteiger partial charge in [0.1, 0.15) is 6.10 Å². The molecule has 0 aromatic rings. The highest BCUT2D eigenvalue weighted by molar-refractivity contribution is 5.75. The molecule has 19 heavy (non-hydrogen) atoms. The molecule has 1 heterocycles. The summed E-state index contributed by atoms with van der Waals surface area (Å²) in [5.41, 5.74) is 0.419. The summed E-state index contributed by atoms with van der Waals surface area (Å²) in [5.74, 6) is 0.177. The highest BCUT2D eigenvalue weighted by atomic mass is 16.6. The third-order valence-corrected chi connectivity index (χ3v) is 5.61. The van der Waals surface area contributed by atoms with Gasteiger partial charge in [-0.05, 0) is 25.7 Å². The van der Waals surface area contributed by atoms with Crippen LogP contribution in [-0.4, -0.2) is 34.5 Å². The summed E-state index contributed by atoms with van der Waals surface area (Å²) in [6.07, 6.45) is 1.65. The maximum Gasteiger partial charge on any atom is 0.309 e. The molecule has 2 N–H and O–H groups in total. The van der Waals surface area contributed by atoms with Crippen molar-refractivity contribution in [2.75, 3.05) is 0 Å². The van der Waals surface area contributed by atoms with E-state index in [1.54, 1.807) is 6.08 Å². The smallest absolute Gasteiger partial charge is 0.309 e. The van der Waals surface area contributed by atoms with Crippen molar-refractivity contribution >= 4 is 5.97 Å². The molecule has 2 fully saturated rings. The van der Waals surface area contributed by atoms with E-state index in [9.17, 15) is 15.0 Å². The summed E-state index contributed by atoms with van der Waals surface area (Å²) in [5, 5.41) is 20.4. The summed E-state index contributed by atoms with van der Waals surface area (Å²) in [6, 6.07) is 0. The molecule has 4 heteroatoms. The van der Waals surface area contributed by atoms with Crippen LogP contribution in [0.4, 0.5) is 0 Å². The Labute approximate surface area is 113 Å². The third-order valence-electron chi connectivity index (χ3n) is 5.61. The molecule has 3 aliphatic rings. The van der Waals surface area contributed by atoms with Gasteiger partial charge in [0.2, 0.25) is 0 Å². The van der Waals surface area contributed by atoms with Gasteiger partial charge in [-0.2, -0.15) is 0 Å². The number of esters is 1. The number of hydrogen-bond acceptors (Lipinski definition) is 4. The Kier molecular flexibility index (Phi) is 2.81. The lowest BCUT2D eigenvalue weighted by Crippen LogP contribution is -2.47. The largest absolute Gasteiger partial charge is 0.461 e. The quantitative estimate of drug-likeness (QED) is 0.512. The minimum atomic E-state index is -0.881. The lowest BCUT2D eigenvalue weighted by atomic mass is 9.69. The molecular formula is C15H22O4. The van der Waals surface area contributed by atoms with Gasteiger partial charge in [0.05, 0.1) is 23.5 Å². The van der Waals surface area contributed by atoms with Crippen LogP contribution in [0.2, 0.25) is 0 Å². The summed E-state index contributed by atoms with van der Waals surface area (Å²) >= 11 is 0. The molecule has 1 aliphatic heterocycles. The van der Waals surface area contributed by atoms with Crippen LogP contribution in [0.1, 0.15) is 33.6 Å². The van der Waals surface area contributed by atoms with E-state index in [0.717, 1.165) is 18.4 Å². The maximum atomic E-state index is 11.9. The van der Waals surface area contributed by atoms with Crippen molar-refractivity contribution in [3.63, 3.8) is 0 Å². The summed E-state index contributed by atoms with van der Waals surface area (Å²) < 4.78 is 5.59. The monoisotopic (exact) mass is 266 g/mol. The third kappa shape index (κ3) is 1.56. The Morgan fingerprint density at radius 3 is 2.68 bits per heavy atom. The Bertz CT molecular complexity index is 443. The Morgan fingerprint density at radius 1 is 1.32 bits per heavy atom. The topological polar surface area (TPSA) is 66.8 Å². The number of hydrogen-bond donors (Lipinski definition) is 2. The van der Waals surface area contributed by atoms with Crippen LogP contribution in [0.5, 0.6) is 0 Å². The molecule has 7 unspecified atom stereocenters. The van der Waals surface area contributed by atoms with E-state index in [1.165, 1.54) is 0 Å². The molecule has 0 radical (unpaired) electrons. The van der Waals surface area contributed by atoms with Crippen LogP contribution in [0.3, 0.4) is 0 Å². The number of aliphatic hydroxyl groups is 2. The molecule has 2 aliphatic carbocycles. The first-order valence-electron chi connectivity index (χ1n) is 7.16. The standard InChI is InChI=1S/C15H22O4/c1-7-4-5-9-8(2)14(18)19-13(9)15(3)10(7)6-11(16)12(15)17/h6-9,11-13,16-17H,4-5H2,1-3H3. The second kappa shape index (κ2) is 4.06. The Hall–Kier alpha value is -0.870. The minimum Gasteiger partial charge on any atom is -0.461 e. The van der Waals surface area contributed by atoms with Gasteiger partial charge in [0.25, 0.3) is 0 Å². The normalized spacial score (nSPS) is 53.1. The number of carbonyl (C=O) groups is 1. The van der Waals surface area contributed by atoms with Gasteiger partial charge in [-0.1, -0.05) is 25.5 Å². The molecule has 106 valence electrons. The van der Waals surface area contributed by atoms with Crippen LogP contribution in [-0.2, 0) is 9.53 Å². The fraction of sp³-hybridized carbons (Fsp3) is 0.800. The summed E-state index contributed by atoms with van der Waals surface area (Å²) in [7, 11) is 0. The fourth-order valence-corrected chi connectivity index (χ4v) is 4.33. The van der Waals surface area contributed by atoms with Gasteiger partial charge in [-0.3, -0.25) is 4.79 Å². The van der Waals surface area contributed by atoms with Gasteiger partial charge in [0.15, 0.2) is 0 Å². The number of ether oxygens (including phenoxy) is 1. The molecule has 0 bridgehead atoms. The van der Waals surface area contributed by atoms with Crippen LogP contribution in [0.15, 0.2) is 11.6 Å². The SMILES string of the molecule is CC1CCC2C(C)C(=O)OC2C2(C)C1=CC(O)C2O. The van der Waals surface area contributed by atoms with Crippen molar-refractivity contribution in [1.29, 1.82) is 0 Å². The zero-order valence-electron chi connectivity index (χ0n) is 11.7. The second-order valence-electron chi connectivity index (χ2n) is 6.63. The molecule has 0 aromatic heterocycles. The first-order chi connectivity index (χ1) is 8.87. The number of carbonyl (C=O) groups excluding carboxylic acids is 1. The zero-order valence-corrected chi connectivity index (χ0v) is 11.7. The Morgan fingerprint density at radius 2 is 2.00 bits per heavy atom. The number of fused-ring (bicyclic) bond motifs is 3. The summed E-state index contributed by atoms with van der Waals surface area (Å²) in [6.45, 7) is 5.97. The van der Waals surface area contributed by atoms with E-state index in [4.69, 9.17) is 4.74 Å². The van der Waals surface area contributed by atoms with E-state index in [2.05, 4.69) is 6.92 Å². The maximum absolute atomic E-state index is 11.9. The van der Waals surface area contributed by atoms with Crippen LogP contribution < -0.4 is 0 Å². The van der Waals surface area contributed by atoms with Crippen molar-refractivity contribution < 1.29 is 19.7 Å². The van der Waals surface area contributed by atoms with E-state index < -0.39 is 17.6 Å². The van der Waals surface area contributed by atoms with E-state index in [0.29, 0.717) is 5.92 Å². The van der Waals surface area contributed by atoms with Crippen LogP contribution in [0.25, 0.3) is 0 Å². The summed E-state index contributed by atoms with van der Waals surface area (Å²) in [4.78, 5) is 11.9. The van der Waals surface area contributed by atoms with Crippen LogP contribution in [0, 0.1) is 23.2 Å². The van der Waals surface area contributed by atoms with Gasteiger partial charge in [-0.25, -0.2) is 0 Å². The molecule has 3 rings (SSSR count). The lowest BCUT2D eigenvalue weighted by molar-refractivity contribution is -0.151. The first-order valence-corrected chi connectivity index (χ1v) is 7.16. The van der Waals surface area contributed by atoms with Gasteiger partial charge in [0, 0.05) is 5.92 Å². The molecular weight excluding hydrogens is 244 g/mol. The minimum absolute atomic E-state index is 0.113. The number of rotatable bonds is 0. The number of aliphatic hydroxyl groups excluding tert-OH is 2. The predicted molar refractivity (Wildman–Crippen MR) is 69.1 cm³/mol. The van der Waals surface area contributed by atoms with Crippen molar-refractivity contribution in [3.05, 3.63) is 11.6 Å². The van der Waals surface area contributed by atoms with Crippen molar-refractivity contribution in [3.8, 4) is 0 Å². The average molecular weight is 266 g/mol. The van der Waals surface area contributed by atoms with E-state index >= 15 is 0 Å². The highest BCUT2D eigenvalue weighted by Gasteiger charge is 2.60. The average Bonchev–Trinajstić information content (AvgIpc) is 2.74. The molecule has 4 nitrogen and oxygen atoms in total. The van der Waals surface area contributed by atoms with Crippen LogP contribution >= 0.6 is 0 Å². The van der Waals surface area contributed by atoms with Crippen molar-refractivity contribution in [1.82, 2.24) is 0 Å². The predicted octanol–water partition coefficient (Wildman–Crippen LogP) is 1.26. The zero-order chi connectivity index (χ0) is 13.9. The highest BCUT2D eigenvalue weighted by Crippen LogP contribution is 2.55. The molecule has 0 spiro atoms. The van der Waals surface area contributed by atoms with E-state index in [-0.39, 0.29) is 23.9 Å². The first kappa shape index (κ1) is 13.1. The molecule has 1 saturated heterocycles. The Balaban J connectivity index is 2.08. The second-order valence-corrected chi connectivity index (χ2v) is 6.63. The van der Waals surface area contributed by atoms with Gasteiger partial charge in [-0.15, -0.1) is 0 Å². The molecule has 0 amide bonds. The molecule has 7 atom stereocenters. The fourth-order valence-electron chi connectivity index (χ4n) is 4.33. The van der Waals surface area contributed by atoms with Gasteiger partial charge >= 0.3 is 5.97 Å². The van der Waals surface area contributed by atoms with Gasteiger partial charge < -0.3 is 14.9 Å². The lowest BCUT2D eigenvalue weighted by Gasteiger charge is -2.39. The van der Waals surface area contributed by atoms with Crippen molar-refractivity contribution in [2.45, 2.75) is 51.9 Å².